The lowest BCUT2D eigenvalue weighted by Gasteiger charge is -2.07. The molecule has 2 rings (SSSR count). The Bertz CT molecular complexity index is 523. The molecule has 0 bridgehead atoms. The Morgan fingerprint density at radius 3 is 2.76 bits per heavy atom. The van der Waals surface area contributed by atoms with E-state index in [0.29, 0.717) is 12.5 Å². The summed E-state index contributed by atoms with van der Waals surface area (Å²) in [5, 5.41) is 2.93. The fourth-order valence-electron chi connectivity index (χ4n) is 1.72. The number of rotatable bonds is 3. The highest BCUT2D eigenvalue weighted by atomic mass is 15.1. The number of hydrogen-bond acceptors (Lipinski definition) is 4. The first-order valence-corrected chi connectivity index (χ1v) is 5.55. The van der Waals surface area contributed by atoms with Crippen LogP contribution in [0.15, 0.2) is 30.5 Å². The lowest BCUT2D eigenvalue weighted by molar-refractivity contribution is 1.05. The van der Waals surface area contributed by atoms with E-state index in [-0.39, 0.29) is 0 Å². The summed E-state index contributed by atoms with van der Waals surface area (Å²) in [5.41, 5.74) is 10.00. The van der Waals surface area contributed by atoms with Crippen LogP contribution in [0.25, 0.3) is 11.3 Å². The highest BCUT2D eigenvalue weighted by Gasteiger charge is 2.03. The Labute approximate surface area is 101 Å². The third-order valence-electron chi connectivity index (χ3n) is 2.74. The van der Waals surface area contributed by atoms with Gasteiger partial charge in [-0.2, -0.15) is 0 Å². The average molecular weight is 228 g/mol. The van der Waals surface area contributed by atoms with Crippen LogP contribution < -0.4 is 11.1 Å². The van der Waals surface area contributed by atoms with Crippen molar-refractivity contribution in [1.82, 2.24) is 9.97 Å². The highest BCUT2D eigenvalue weighted by molar-refractivity contribution is 5.61. The summed E-state index contributed by atoms with van der Waals surface area (Å²) in [4.78, 5) is 8.50. The molecule has 0 radical (unpaired) electrons. The second-order valence-corrected chi connectivity index (χ2v) is 3.86. The monoisotopic (exact) mass is 228 g/mol. The molecule has 0 aliphatic carbocycles. The van der Waals surface area contributed by atoms with Gasteiger partial charge in [-0.15, -0.1) is 0 Å². The summed E-state index contributed by atoms with van der Waals surface area (Å²) in [6.07, 6.45) is 1.75. The fraction of sp³-hybridized carbons (Fsp3) is 0.231. The number of nitrogens with two attached hydrogens (primary N) is 1. The maximum atomic E-state index is 5.65. The van der Waals surface area contributed by atoms with E-state index in [2.05, 4.69) is 28.3 Å². The van der Waals surface area contributed by atoms with Crippen LogP contribution in [0.3, 0.4) is 0 Å². The van der Waals surface area contributed by atoms with Crippen LogP contribution in [0.4, 0.5) is 5.95 Å². The summed E-state index contributed by atoms with van der Waals surface area (Å²) in [6, 6.07) is 8.09. The van der Waals surface area contributed by atoms with Crippen LogP contribution in [-0.2, 0) is 6.54 Å². The number of hydrogen-bond donors (Lipinski definition) is 2. The van der Waals surface area contributed by atoms with E-state index >= 15 is 0 Å². The molecule has 0 unspecified atom stereocenters. The van der Waals surface area contributed by atoms with Crippen molar-refractivity contribution in [3.8, 4) is 11.3 Å². The molecular formula is C13H16N4. The molecule has 1 aromatic carbocycles. The smallest absolute Gasteiger partial charge is 0.222 e. The van der Waals surface area contributed by atoms with Crippen molar-refractivity contribution in [2.75, 3.05) is 12.4 Å². The zero-order valence-electron chi connectivity index (χ0n) is 10.1. The summed E-state index contributed by atoms with van der Waals surface area (Å²) in [6.45, 7) is 2.63. The second-order valence-electron chi connectivity index (χ2n) is 3.86. The van der Waals surface area contributed by atoms with Crippen molar-refractivity contribution >= 4 is 5.95 Å². The van der Waals surface area contributed by atoms with Gasteiger partial charge in [-0.05, 0) is 30.2 Å². The van der Waals surface area contributed by atoms with E-state index in [1.54, 1.807) is 6.20 Å². The van der Waals surface area contributed by atoms with Crippen LogP contribution in [-0.4, -0.2) is 17.0 Å². The van der Waals surface area contributed by atoms with Crippen LogP contribution in [0.1, 0.15) is 11.1 Å². The quantitative estimate of drug-likeness (QED) is 0.842. The van der Waals surface area contributed by atoms with Gasteiger partial charge < -0.3 is 11.1 Å². The third kappa shape index (κ3) is 2.42. The first-order chi connectivity index (χ1) is 8.24. The van der Waals surface area contributed by atoms with Crippen LogP contribution in [0, 0.1) is 6.92 Å². The zero-order chi connectivity index (χ0) is 12.3. The molecule has 4 heteroatoms. The molecule has 1 aromatic heterocycles. The number of nitrogens with zero attached hydrogens (tertiary/aromatic N) is 2. The molecule has 0 fully saturated rings. The molecule has 0 spiro atoms. The van der Waals surface area contributed by atoms with Gasteiger partial charge in [0.25, 0.3) is 0 Å². The van der Waals surface area contributed by atoms with Gasteiger partial charge in [0.05, 0.1) is 5.69 Å². The van der Waals surface area contributed by atoms with Crippen LogP contribution in [0.5, 0.6) is 0 Å². The molecule has 0 saturated carbocycles. The minimum absolute atomic E-state index is 0.567. The van der Waals surface area contributed by atoms with E-state index in [0.717, 1.165) is 16.8 Å². The minimum Gasteiger partial charge on any atom is -0.357 e. The molecule has 88 valence electrons. The average Bonchev–Trinajstić information content (AvgIpc) is 2.38. The van der Waals surface area contributed by atoms with Gasteiger partial charge in [-0.25, -0.2) is 9.97 Å². The summed E-state index contributed by atoms with van der Waals surface area (Å²) >= 11 is 0. The van der Waals surface area contributed by atoms with Gasteiger partial charge in [0.15, 0.2) is 0 Å². The standard InChI is InChI=1S/C13H16N4/c1-9-7-10(3-4-11(9)8-14)12-5-6-16-13(15-2)17-12/h3-7H,8,14H2,1-2H3,(H,15,16,17). The van der Waals surface area contributed by atoms with E-state index < -0.39 is 0 Å². The molecule has 4 nitrogen and oxygen atoms in total. The van der Waals surface area contributed by atoms with Gasteiger partial charge in [0, 0.05) is 25.4 Å². The van der Waals surface area contributed by atoms with E-state index in [4.69, 9.17) is 5.73 Å². The molecule has 1 heterocycles. The fourth-order valence-corrected chi connectivity index (χ4v) is 1.72. The van der Waals surface area contributed by atoms with Crippen molar-refractivity contribution in [3.63, 3.8) is 0 Å². The molecule has 3 N–H and O–H groups in total. The molecule has 0 atom stereocenters. The van der Waals surface area contributed by atoms with E-state index in [1.165, 1.54) is 5.56 Å². The van der Waals surface area contributed by atoms with Gasteiger partial charge in [0.1, 0.15) is 0 Å². The summed E-state index contributed by atoms with van der Waals surface area (Å²) in [7, 11) is 1.81. The minimum atomic E-state index is 0.567. The number of nitrogens with one attached hydrogen (secondary N) is 1. The van der Waals surface area contributed by atoms with Crippen molar-refractivity contribution in [3.05, 3.63) is 41.6 Å². The second kappa shape index (κ2) is 4.93. The predicted molar refractivity (Wildman–Crippen MR) is 69.6 cm³/mol. The number of aryl methyl sites for hydroxylation is 1. The highest BCUT2D eigenvalue weighted by Crippen LogP contribution is 2.20. The topological polar surface area (TPSA) is 63.8 Å². The first kappa shape index (κ1) is 11.5. The zero-order valence-corrected chi connectivity index (χ0v) is 10.1. The molecule has 2 aromatic rings. The van der Waals surface area contributed by atoms with Crippen molar-refractivity contribution in [1.29, 1.82) is 0 Å². The Kier molecular flexibility index (Phi) is 3.35. The molecule has 0 aliphatic rings. The first-order valence-electron chi connectivity index (χ1n) is 5.55. The van der Waals surface area contributed by atoms with Crippen molar-refractivity contribution < 1.29 is 0 Å². The SMILES string of the molecule is CNc1nccc(-c2ccc(CN)c(C)c2)n1. The van der Waals surface area contributed by atoms with Gasteiger partial charge in [0.2, 0.25) is 5.95 Å². The Morgan fingerprint density at radius 2 is 2.12 bits per heavy atom. The molecule has 17 heavy (non-hydrogen) atoms. The summed E-state index contributed by atoms with van der Waals surface area (Å²) in [5.74, 6) is 0.628. The van der Waals surface area contributed by atoms with Crippen LogP contribution >= 0.6 is 0 Å². The lowest BCUT2D eigenvalue weighted by atomic mass is 10.0. The number of benzene rings is 1. The van der Waals surface area contributed by atoms with Gasteiger partial charge in [-0.3, -0.25) is 0 Å². The number of aromatic nitrogens is 2. The maximum Gasteiger partial charge on any atom is 0.222 e. The normalized spacial score (nSPS) is 10.3. The largest absolute Gasteiger partial charge is 0.357 e. The van der Waals surface area contributed by atoms with Crippen LogP contribution in [0.2, 0.25) is 0 Å². The van der Waals surface area contributed by atoms with E-state index in [1.807, 2.05) is 25.2 Å². The Hall–Kier alpha value is -1.94. The molecule has 0 saturated heterocycles. The Morgan fingerprint density at radius 1 is 1.29 bits per heavy atom. The predicted octanol–water partition coefficient (Wildman–Crippen LogP) is 1.95. The van der Waals surface area contributed by atoms with Crippen molar-refractivity contribution in [2.45, 2.75) is 13.5 Å². The summed E-state index contributed by atoms with van der Waals surface area (Å²) < 4.78 is 0. The maximum absolute atomic E-state index is 5.65. The van der Waals surface area contributed by atoms with Crippen molar-refractivity contribution in [2.24, 2.45) is 5.73 Å². The Balaban J connectivity index is 2.42. The van der Waals surface area contributed by atoms with Gasteiger partial charge in [-0.1, -0.05) is 12.1 Å². The molecule has 0 aliphatic heterocycles. The van der Waals surface area contributed by atoms with Gasteiger partial charge >= 0.3 is 0 Å². The lowest BCUT2D eigenvalue weighted by Crippen LogP contribution is -2.00. The number of anilines is 1. The third-order valence-corrected chi connectivity index (χ3v) is 2.74. The molecular weight excluding hydrogens is 212 g/mol. The molecule has 0 amide bonds. The van der Waals surface area contributed by atoms with E-state index in [9.17, 15) is 0 Å².